The smallest absolute Gasteiger partial charge is 0.227 e. The SMILES string of the molecule is Cl.Cl.NC1CCC(Nc2nc(NCc3cccc(Cl)c3)c3ncn(C4CCCC4)c3n2)CC1. The summed E-state index contributed by atoms with van der Waals surface area (Å²) in [5.41, 5.74) is 8.91. The number of fused-ring (bicyclic) bond motifs is 1. The zero-order valence-corrected chi connectivity index (χ0v) is 20.9. The summed E-state index contributed by atoms with van der Waals surface area (Å²) in [7, 11) is 0. The van der Waals surface area contributed by atoms with Crippen molar-refractivity contribution in [2.24, 2.45) is 5.73 Å². The molecule has 2 aliphatic carbocycles. The first-order chi connectivity index (χ1) is 15.2. The Morgan fingerprint density at radius 3 is 2.52 bits per heavy atom. The molecule has 0 bridgehead atoms. The van der Waals surface area contributed by atoms with Crippen molar-refractivity contribution in [2.75, 3.05) is 10.6 Å². The van der Waals surface area contributed by atoms with Crippen molar-refractivity contribution >= 4 is 59.3 Å². The van der Waals surface area contributed by atoms with Crippen molar-refractivity contribution in [3.63, 3.8) is 0 Å². The second-order valence-electron chi connectivity index (χ2n) is 8.90. The highest BCUT2D eigenvalue weighted by atomic mass is 35.5. The van der Waals surface area contributed by atoms with Gasteiger partial charge >= 0.3 is 0 Å². The first kappa shape index (κ1) is 25.8. The highest BCUT2D eigenvalue weighted by Crippen LogP contribution is 2.33. The molecule has 2 aromatic heterocycles. The van der Waals surface area contributed by atoms with Gasteiger partial charge in [0.1, 0.15) is 0 Å². The van der Waals surface area contributed by atoms with Crippen molar-refractivity contribution in [1.82, 2.24) is 19.5 Å². The maximum Gasteiger partial charge on any atom is 0.227 e. The van der Waals surface area contributed by atoms with E-state index < -0.39 is 0 Å². The first-order valence-corrected chi connectivity index (χ1v) is 11.8. The van der Waals surface area contributed by atoms with Gasteiger partial charge in [-0.25, -0.2) is 4.98 Å². The van der Waals surface area contributed by atoms with Gasteiger partial charge in [-0.3, -0.25) is 0 Å². The van der Waals surface area contributed by atoms with Gasteiger partial charge < -0.3 is 20.9 Å². The van der Waals surface area contributed by atoms with Crippen LogP contribution in [0.4, 0.5) is 11.8 Å². The summed E-state index contributed by atoms with van der Waals surface area (Å²) in [6.45, 7) is 0.626. The van der Waals surface area contributed by atoms with Crippen LogP contribution in [-0.2, 0) is 6.54 Å². The van der Waals surface area contributed by atoms with Crippen LogP contribution in [-0.4, -0.2) is 31.6 Å². The number of hydrogen-bond donors (Lipinski definition) is 3. The summed E-state index contributed by atoms with van der Waals surface area (Å²) < 4.78 is 2.25. The lowest BCUT2D eigenvalue weighted by atomic mass is 9.92. The van der Waals surface area contributed by atoms with E-state index >= 15 is 0 Å². The van der Waals surface area contributed by atoms with E-state index in [-0.39, 0.29) is 24.8 Å². The summed E-state index contributed by atoms with van der Waals surface area (Å²) in [5.74, 6) is 1.43. The lowest BCUT2D eigenvalue weighted by Crippen LogP contribution is -2.33. The Labute approximate surface area is 212 Å². The minimum absolute atomic E-state index is 0. The standard InChI is InChI=1S/C23H30ClN7.2ClH/c24-16-5-3-4-15(12-16)13-26-21-20-22(31(14-27-20)19-6-1-2-7-19)30-23(29-21)28-18-10-8-17(25)9-11-18;;/h3-5,12,14,17-19H,1-2,6-11,13,25H2,(H2,26,28,29,30);2*1H. The topological polar surface area (TPSA) is 93.7 Å². The van der Waals surface area contributed by atoms with Crippen molar-refractivity contribution in [3.05, 3.63) is 41.2 Å². The molecule has 0 radical (unpaired) electrons. The predicted octanol–water partition coefficient (Wildman–Crippen LogP) is 5.73. The molecule has 2 saturated carbocycles. The summed E-state index contributed by atoms with van der Waals surface area (Å²) in [4.78, 5) is 14.4. The third-order valence-corrected chi connectivity index (χ3v) is 6.83. The Balaban J connectivity index is 0.00000153. The van der Waals surface area contributed by atoms with Crippen LogP contribution >= 0.6 is 36.4 Å². The molecule has 0 aliphatic heterocycles. The average molecular weight is 513 g/mol. The van der Waals surface area contributed by atoms with Crippen LogP contribution in [0.3, 0.4) is 0 Å². The fourth-order valence-corrected chi connectivity index (χ4v) is 5.05. The Morgan fingerprint density at radius 1 is 1.03 bits per heavy atom. The molecule has 3 aromatic rings. The monoisotopic (exact) mass is 511 g/mol. The van der Waals surface area contributed by atoms with E-state index in [2.05, 4.69) is 21.3 Å². The van der Waals surface area contributed by atoms with Crippen LogP contribution < -0.4 is 16.4 Å². The zero-order valence-electron chi connectivity index (χ0n) is 18.5. The lowest BCUT2D eigenvalue weighted by molar-refractivity contribution is 0.410. The maximum atomic E-state index is 6.15. The van der Waals surface area contributed by atoms with Gasteiger partial charge in [0.25, 0.3) is 0 Å². The highest BCUT2D eigenvalue weighted by Gasteiger charge is 2.23. The molecule has 4 N–H and O–H groups in total. The molecule has 2 aliphatic rings. The number of nitrogens with one attached hydrogen (secondary N) is 2. The van der Waals surface area contributed by atoms with Gasteiger partial charge in [-0.2, -0.15) is 9.97 Å². The highest BCUT2D eigenvalue weighted by molar-refractivity contribution is 6.30. The van der Waals surface area contributed by atoms with Crippen LogP contribution in [0.1, 0.15) is 63.0 Å². The minimum Gasteiger partial charge on any atom is -0.364 e. The van der Waals surface area contributed by atoms with E-state index in [0.717, 1.165) is 53.3 Å². The van der Waals surface area contributed by atoms with Crippen LogP contribution in [0.2, 0.25) is 5.02 Å². The fraction of sp³-hybridized carbons (Fsp3) is 0.522. The molecule has 0 spiro atoms. The number of imidazole rings is 1. The number of hydrogen-bond acceptors (Lipinski definition) is 6. The average Bonchev–Trinajstić information content (AvgIpc) is 3.43. The van der Waals surface area contributed by atoms with Gasteiger partial charge in [0.05, 0.1) is 6.33 Å². The van der Waals surface area contributed by atoms with E-state index in [9.17, 15) is 0 Å². The summed E-state index contributed by atoms with van der Waals surface area (Å²) in [5, 5.41) is 7.77. The summed E-state index contributed by atoms with van der Waals surface area (Å²) >= 11 is 6.15. The van der Waals surface area contributed by atoms with Crippen LogP contribution in [0.15, 0.2) is 30.6 Å². The molecular weight excluding hydrogens is 481 g/mol. The van der Waals surface area contributed by atoms with Crippen LogP contribution in [0.5, 0.6) is 0 Å². The molecule has 10 heteroatoms. The van der Waals surface area contributed by atoms with E-state index in [1.165, 1.54) is 25.7 Å². The minimum atomic E-state index is 0. The van der Waals surface area contributed by atoms with E-state index in [1.807, 2.05) is 24.5 Å². The number of rotatable bonds is 6. The lowest BCUT2D eigenvalue weighted by Gasteiger charge is -2.27. The Morgan fingerprint density at radius 2 is 1.79 bits per heavy atom. The molecule has 0 saturated heterocycles. The van der Waals surface area contributed by atoms with Crippen molar-refractivity contribution < 1.29 is 0 Å². The summed E-state index contributed by atoms with van der Waals surface area (Å²) in [6.07, 6.45) is 11.0. The third kappa shape index (κ3) is 6.01. The number of halogens is 3. The molecule has 33 heavy (non-hydrogen) atoms. The molecule has 180 valence electrons. The van der Waals surface area contributed by atoms with Gasteiger partial charge in [0, 0.05) is 29.7 Å². The molecular formula is C23H32Cl3N7. The van der Waals surface area contributed by atoms with Gasteiger partial charge in [0.2, 0.25) is 5.95 Å². The normalized spacial score (nSPS) is 20.8. The van der Waals surface area contributed by atoms with Gasteiger partial charge in [-0.15, -0.1) is 24.8 Å². The molecule has 0 unspecified atom stereocenters. The molecule has 0 atom stereocenters. The molecule has 2 heterocycles. The van der Waals surface area contributed by atoms with Gasteiger partial charge in [-0.1, -0.05) is 36.6 Å². The fourth-order valence-electron chi connectivity index (χ4n) is 4.83. The number of aromatic nitrogens is 4. The molecule has 7 nitrogen and oxygen atoms in total. The second kappa shape index (κ2) is 11.6. The van der Waals surface area contributed by atoms with E-state index in [1.54, 1.807) is 0 Å². The van der Waals surface area contributed by atoms with Crippen molar-refractivity contribution in [3.8, 4) is 0 Å². The van der Waals surface area contributed by atoms with Crippen LogP contribution in [0, 0.1) is 0 Å². The first-order valence-electron chi connectivity index (χ1n) is 11.4. The number of anilines is 2. The van der Waals surface area contributed by atoms with Gasteiger partial charge in [0.15, 0.2) is 17.0 Å². The Bertz CT molecular complexity index is 1040. The van der Waals surface area contributed by atoms with Crippen molar-refractivity contribution in [2.45, 2.75) is 76.0 Å². The number of nitrogens with zero attached hydrogens (tertiary/aromatic N) is 4. The Kier molecular flexibility index (Phi) is 9.04. The number of nitrogens with two attached hydrogens (primary N) is 1. The number of benzene rings is 1. The second-order valence-corrected chi connectivity index (χ2v) is 9.33. The molecule has 5 rings (SSSR count). The Hall–Kier alpha value is -1.80. The van der Waals surface area contributed by atoms with E-state index in [4.69, 9.17) is 32.3 Å². The molecule has 1 aromatic carbocycles. The molecule has 0 amide bonds. The maximum absolute atomic E-state index is 6.15. The molecule has 2 fully saturated rings. The van der Waals surface area contributed by atoms with Crippen molar-refractivity contribution in [1.29, 1.82) is 0 Å². The largest absolute Gasteiger partial charge is 0.364 e. The quantitative estimate of drug-likeness (QED) is 0.390. The van der Waals surface area contributed by atoms with E-state index in [0.29, 0.717) is 30.6 Å². The van der Waals surface area contributed by atoms with Gasteiger partial charge in [-0.05, 0) is 56.2 Å². The zero-order chi connectivity index (χ0) is 21.2. The summed E-state index contributed by atoms with van der Waals surface area (Å²) in [6, 6.07) is 9.02. The third-order valence-electron chi connectivity index (χ3n) is 6.59. The van der Waals surface area contributed by atoms with Crippen LogP contribution in [0.25, 0.3) is 11.2 Å². The predicted molar refractivity (Wildman–Crippen MR) is 140 cm³/mol.